The summed E-state index contributed by atoms with van der Waals surface area (Å²) >= 11 is 0. The lowest BCUT2D eigenvalue weighted by molar-refractivity contribution is -0.125. The fraction of sp³-hybridized carbons (Fsp3) is 0.611. The number of nitrogens with one attached hydrogen (secondary N) is 2. The normalized spacial score (nSPS) is 17.8. The van der Waals surface area contributed by atoms with Gasteiger partial charge < -0.3 is 5.32 Å². The second-order valence-corrected chi connectivity index (χ2v) is 7.50. The minimum Gasteiger partial charge on any atom is -0.333 e. The minimum absolute atomic E-state index is 0.264. The van der Waals surface area contributed by atoms with Crippen LogP contribution in [0.2, 0.25) is 0 Å². The number of nitrogens with zero attached hydrogens (tertiary/aromatic N) is 3. The zero-order chi connectivity index (χ0) is 18.4. The van der Waals surface area contributed by atoms with E-state index in [4.69, 9.17) is 0 Å². The van der Waals surface area contributed by atoms with E-state index in [-0.39, 0.29) is 17.5 Å². The summed E-state index contributed by atoms with van der Waals surface area (Å²) in [6.07, 6.45) is 1.81. The van der Waals surface area contributed by atoms with Crippen molar-refractivity contribution < 1.29 is 9.59 Å². The van der Waals surface area contributed by atoms with E-state index >= 15 is 0 Å². The van der Waals surface area contributed by atoms with E-state index in [0.29, 0.717) is 0 Å². The van der Waals surface area contributed by atoms with Crippen LogP contribution in [0.5, 0.6) is 0 Å². The topological polar surface area (TPSA) is 77.6 Å². The Hall–Kier alpha value is -1.99. The number of piperazine rings is 1. The van der Waals surface area contributed by atoms with Crippen LogP contribution < -0.4 is 10.6 Å². The number of pyridine rings is 1. The van der Waals surface area contributed by atoms with Crippen LogP contribution in [0.15, 0.2) is 24.4 Å². The van der Waals surface area contributed by atoms with Gasteiger partial charge in [-0.3, -0.25) is 24.9 Å². The van der Waals surface area contributed by atoms with E-state index in [1.807, 2.05) is 45.9 Å². The van der Waals surface area contributed by atoms with Gasteiger partial charge in [0, 0.05) is 44.5 Å². The quantitative estimate of drug-likeness (QED) is 0.856. The Morgan fingerprint density at radius 3 is 2.44 bits per heavy atom. The molecule has 1 fully saturated rings. The van der Waals surface area contributed by atoms with Crippen molar-refractivity contribution >= 4 is 11.9 Å². The molecule has 7 heteroatoms. The van der Waals surface area contributed by atoms with E-state index in [1.54, 1.807) is 6.20 Å². The van der Waals surface area contributed by atoms with E-state index in [1.165, 1.54) is 0 Å². The largest absolute Gasteiger partial charge is 0.333 e. The smallest absolute Gasteiger partial charge is 0.321 e. The molecule has 0 bridgehead atoms. The molecule has 1 aliphatic rings. The molecule has 138 valence electrons. The van der Waals surface area contributed by atoms with Gasteiger partial charge in [0.1, 0.15) is 0 Å². The van der Waals surface area contributed by atoms with Gasteiger partial charge in [0.15, 0.2) is 0 Å². The van der Waals surface area contributed by atoms with Crippen LogP contribution in [0.3, 0.4) is 0 Å². The summed E-state index contributed by atoms with van der Waals surface area (Å²) in [5.41, 5.74) is 0.686. The molecule has 2 heterocycles. The molecule has 1 aromatic heterocycles. The Morgan fingerprint density at radius 2 is 1.88 bits per heavy atom. The molecule has 2 N–H and O–H groups in total. The molecule has 1 saturated heterocycles. The first kappa shape index (κ1) is 19.3. The predicted molar refractivity (Wildman–Crippen MR) is 97.0 cm³/mol. The van der Waals surface area contributed by atoms with Crippen molar-refractivity contribution in [3.8, 4) is 0 Å². The maximum absolute atomic E-state index is 12.3. The van der Waals surface area contributed by atoms with Crippen LogP contribution in [-0.2, 0) is 11.3 Å². The second-order valence-electron chi connectivity index (χ2n) is 7.50. The fourth-order valence-corrected chi connectivity index (χ4v) is 2.78. The van der Waals surface area contributed by atoms with Gasteiger partial charge in [-0.15, -0.1) is 0 Å². The highest BCUT2D eigenvalue weighted by atomic mass is 16.2. The summed E-state index contributed by atoms with van der Waals surface area (Å²) in [5.74, 6) is -0.264. The van der Waals surface area contributed by atoms with Crippen LogP contribution in [0.4, 0.5) is 4.79 Å². The van der Waals surface area contributed by atoms with Crippen LogP contribution >= 0.6 is 0 Å². The molecule has 1 atom stereocenters. The van der Waals surface area contributed by atoms with Crippen LogP contribution in [0.1, 0.15) is 33.4 Å². The van der Waals surface area contributed by atoms with Crippen molar-refractivity contribution in [1.29, 1.82) is 0 Å². The molecule has 0 aromatic carbocycles. The Labute approximate surface area is 149 Å². The monoisotopic (exact) mass is 347 g/mol. The Bertz CT molecular complexity index is 577. The molecule has 0 aliphatic carbocycles. The third-order valence-corrected chi connectivity index (χ3v) is 4.17. The molecule has 0 saturated carbocycles. The van der Waals surface area contributed by atoms with Gasteiger partial charge in [-0.25, -0.2) is 4.79 Å². The number of carbonyl (C=O) groups excluding carboxylic acids is 2. The van der Waals surface area contributed by atoms with Crippen molar-refractivity contribution in [1.82, 2.24) is 25.4 Å². The molecule has 0 radical (unpaired) electrons. The molecular formula is C18H29N5O2. The zero-order valence-corrected chi connectivity index (χ0v) is 15.6. The number of carbonyl (C=O) groups is 2. The Kier molecular flexibility index (Phi) is 6.50. The maximum Gasteiger partial charge on any atom is 0.321 e. The lowest BCUT2D eigenvalue weighted by atomic mass is 10.1. The number of aromatic nitrogens is 1. The highest BCUT2D eigenvalue weighted by Gasteiger charge is 2.27. The first-order valence-electron chi connectivity index (χ1n) is 8.74. The number of hydrogen-bond acceptors (Lipinski definition) is 5. The third kappa shape index (κ3) is 6.43. The van der Waals surface area contributed by atoms with E-state index < -0.39 is 6.03 Å². The van der Waals surface area contributed by atoms with Gasteiger partial charge in [-0.2, -0.15) is 0 Å². The number of rotatable bonds is 4. The fourth-order valence-electron chi connectivity index (χ4n) is 2.78. The molecular weight excluding hydrogens is 318 g/mol. The van der Waals surface area contributed by atoms with E-state index in [9.17, 15) is 9.59 Å². The number of imide groups is 1. The molecule has 25 heavy (non-hydrogen) atoms. The summed E-state index contributed by atoms with van der Waals surface area (Å²) in [4.78, 5) is 32.9. The molecule has 1 aliphatic heterocycles. The third-order valence-electron chi connectivity index (χ3n) is 4.17. The van der Waals surface area contributed by atoms with Crippen molar-refractivity contribution in [2.24, 2.45) is 0 Å². The second kappa shape index (κ2) is 8.40. The van der Waals surface area contributed by atoms with Gasteiger partial charge in [-0.05, 0) is 39.8 Å². The van der Waals surface area contributed by atoms with E-state index in [2.05, 4.69) is 25.4 Å². The number of amides is 3. The summed E-state index contributed by atoms with van der Waals surface area (Å²) in [7, 11) is 0. The average molecular weight is 347 g/mol. The van der Waals surface area contributed by atoms with Crippen molar-refractivity contribution in [2.45, 2.75) is 45.8 Å². The molecule has 0 spiro atoms. The van der Waals surface area contributed by atoms with Gasteiger partial charge in [0.25, 0.3) is 0 Å². The van der Waals surface area contributed by atoms with Gasteiger partial charge >= 0.3 is 6.03 Å². The number of hydrogen-bond donors (Lipinski definition) is 2. The van der Waals surface area contributed by atoms with Gasteiger partial charge in [-0.1, -0.05) is 6.07 Å². The van der Waals surface area contributed by atoms with Crippen molar-refractivity contribution in [3.05, 3.63) is 30.1 Å². The average Bonchev–Trinajstić information content (AvgIpc) is 2.54. The molecule has 1 aromatic rings. The zero-order valence-electron chi connectivity index (χ0n) is 15.6. The predicted octanol–water partition coefficient (Wildman–Crippen LogP) is 1.21. The summed E-state index contributed by atoms with van der Waals surface area (Å²) in [5, 5.41) is 5.17. The first-order chi connectivity index (χ1) is 11.7. The van der Waals surface area contributed by atoms with Crippen molar-refractivity contribution in [3.63, 3.8) is 0 Å². The highest BCUT2D eigenvalue weighted by molar-refractivity contribution is 5.97. The van der Waals surface area contributed by atoms with E-state index in [0.717, 1.165) is 38.4 Å². The van der Waals surface area contributed by atoms with Crippen LogP contribution in [-0.4, -0.2) is 64.5 Å². The Morgan fingerprint density at radius 1 is 1.20 bits per heavy atom. The van der Waals surface area contributed by atoms with Gasteiger partial charge in [0.05, 0.1) is 11.7 Å². The first-order valence-corrected chi connectivity index (χ1v) is 8.74. The maximum atomic E-state index is 12.3. The standard InChI is InChI=1S/C18H29N5O2/c1-14(16(24)20-17(25)21-18(2,3)4)23-11-9-22(10-12-23)13-15-7-5-6-8-19-15/h5-8,14H,9-13H2,1-4H3,(H2,20,21,24,25). The minimum atomic E-state index is -0.446. The lowest BCUT2D eigenvalue weighted by Gasteiger charge is -2.37. The lowest BCUT2D eigenvalue weighted by Crippen LogP contribution is -2.56. The summed E-state index contributed by atoms with van der Waals surface area (Å²) < 4.78 is 0. The molecule has 2 rings (SSSR count). The molecule has 1 unspecified atom stereocenters. The molecule has 7 nitrogen and oxygen atoms in total. The van der Waals surface area contributed by atoms with Crippen LogP contribution in [0, 0.1) is 0 Å². The SMILES string of the molecule is CC(C(=O)NC(=O)NC(C)(C)C)N1CCN(Cc2ccccn2)CC1. The van der Waals surface area contributed by atoms with Crippen molar-refractivity contribution in [2.75, 3.05) is 26.2 Å². The summed E-state index contributed by atoms with van der Waals surface area (Å²) in [6, 6.07) is 5.16. The summed E-state index contributed by atoms with van der Waals surface area (Å²) in [6.45, 7) is 11.6. The van der Waals surface area contributed by atoms with Crippen LogP contribution in [0.25, 0.3) is 0 Å². The highest BCUT2D eigenvalue weighted by Crippen LogP contribution is 2.09. The number of urea groups is 1. The molecule has 3 amide bonds. The Balaban J connectivity index is 1.77. The van der Waals surface area contributed by atoms with Gasteiger partial charge in [0.2, 0.25) is 5.91 Å².